The molecule has 0 spiro atoms. The zero-order valence-electron chi connectivity index (χ0n) is 12.2. The van der Waals surface area contributed by atoms with Gasteiger partial charge >= 0.3 is 5.69 Å². The molecule has 0 bridgehead atoms. The highest BCUT2D eigenvalue weighted by atomic mass is 16.5. The van der Waals surface area contributed by atoms with Gasteiger partial charge in [0.15, 0.2) is 11.2 Å². The number of nitrogens with two attached hydrogens (primary N) is 1. The van der Waals surface area contributed by atoms with Crippen LogP contribution in [0.1, 0.15) is 12.6 Å². The van der Waals surface area contributed by atoms with Crippen LogP contribution in [-0.4, -0.2) is 48.1 Å². The Hall–Kier alpha value is -2.43. The Kier molecular flexibility index (Phi) is 3.80. The summed E-state index contributed by atoms with van der Waals surface area (Å²) in [4.78, 5) is 31.2. The standard InChI is InChI=1S/C13H17N5O5/c1-2-3-17-9-10(15-12(14)16-11(9)21)18(13(17)22)8-4-6(20)7(5-19)23-8/h2,6-8,19-20H,1,3-5H2,(H3,14,15,16,21)/t6-,7+,8?/m0/s1. The van der Waals surface area contributed by atoms with Crippen LogP contribution in [0.25, 0.3) is 11.2 Å². The third-order valence-electron chi connectivity index (χ3n) is 3.81. The van der Waals surface area contributed by atoms with E-state index >= 15 is 0 Å². The minimum Gasteiger partial charge on any atom is -0.394 e. The lowest BCUT2D eigenvalue weighted by Gasteiger charge is -2.12. The van der Waals surface area contributed by atoms with Crippen molar-refractivity contribution in [1.29, 1.82) is 0 Å². The van der Waals surface area contributed by atoms with Crippen molar-refractivity contribution in [2.24, 2.45) is 0 Å². The van der Waals surface area contributed by atoms with Crippen molar-refractivity contribution in [3.05, 3.63) is 33.5 Å². The first-order valence-electron chi connectivity index (χ1n) is 7.03. The molecule has 5 N–H and O–H groups in total. The van der Waals surface area contributed by atoms with Crippen LogP contribution in [0.3, 0.4) is 0 Å². The van der Waals surface area contributed by atoms with E-state index in [0.717, 1.165) is 0 Å². The molecular weight excluding hydrogens is 306 g/mol. The number of aromatic nitrogens is 4. The average Bonchev–Trinajstić information content (AvgIpc) is 2.98. The van der Waals surface area contributed by atoms with E-state index in [4.69, 9.17) is 10.5 Å². The first-order chi connectivity index (χ1) is 11.0. The molecule has 0 radical (unpaired) electrons. The van der Waals surface area contributed by atoms with Gasteiger partial charge in [0.1, 0.15) is 12.3 Å². The van der Waals surface area contributed by atoms with Crippen molar-refractivity contribution in [3.63, 3.8) is 0 Å². The van der Waals surface area contributed by atoms with Gasteiger partial charge in [-0.15, -0.1) is 6.58 Å². The number of imidazole rings is 1. The number of fused-ring (bicyclic) bond motifs is 1. The summed E-state index contributed by atoms with van der Waals surface area (Å²) in [6, 6.07) is 0. The summed E-state index contributed by atoms with van der Waals surface area (Å²) in [5, 5.41) is 19.0. The van der Waals surface area contributed by atoms with Crippen molar-refractivity contribution in [1.82, 2.24) is 19.1 Å². The predicted molar refractivity (Wildman–Crippen MR) is 80.8 cm³/mol. The molecule has 1 fully saturated rings. The SMILES string of the molecule is C=CCn1c(=O)n(C2C[C@H](O)[C@@H](CO)O2)c2nc(N)[nH]c(=O)c21. The number of hydrogen-bond acceptors (Lipinski definition) is 7. The molecule has 2 aromatic heterocycles. The Bertz CT molecular complexity index is 866. The Morgan fingerprint density at radius 3 is 2.87 bits per heavy atom. The molecule has 3 rings (SSSR count). The van der Waals surface area contributed by atoms with E-state index in [0.29, 0.717) is 0 Å². The number of H-pyrrole nitrogens is 1. The first kappa shape index (κ1) is 15.5. The number of nitrogens with one attached hydrogen (secondary N) is 1. The van der Waals surface area contributed by atoms with E-state index < -0.39 is 29.7 Å². The van der Waals surface area contributed by atoms with Crippen LogP contribution in [0.15, 0.2) is 22.2 Å². The number of hydrogen-bond donors (Lipinski definition) is 4. The van der Waals surface area contributed by atoms with Gasteiger partial charge in [0.2, 0.25) is 5.95 Å². The fourth-order valence-corrected chi connectivity index (χ4v) is 2.80. The zero-order chi connectivity index (χ0) is 16.7. The number of anilines is 1. The Morgan fingerprint density at radius 1 is 1.52 bits per heavy atom. The van der Waals surface area contributed by atoms with Gasteiger partial charge in [-0.2, -0.15) is 4.98 Å². The van der Waals surface area contributed by atoms with E-state index in [-0.39, 0.29) is 36.7 Å². The summed E-state index contributed by atoms with van der Waals surface area (Å²) in [5.41, 5.74) is 4.60. The van der Waals surface area contributed by atoms with Gasteiger partial charge in [-0.1, -0.05) is 6.08 Å². The molecule has 1 saturated heterocycles. The third-order valence-corrected chi connectivity index (χ3v) is 3.81. The van der Waals surface area contributed by atoms with Gasteiger partial charge in [-0.05, 0) is 0 Å². The maximum absolute atomic E-state index is 12.7. The summed E-state index contributed by atoms with van der Waals surface area (Å²) in [6.07, 6.45) is -1.01. The maximum Gasteiger partial charge on any atom is 0.332 e. The van der Waals surface area contributed by atoms with Crippen molar-refractivity contribution >= 4 is 17.1 Å². The molecule has 1 aliphatic rings. The van der Waals surface area contributed by atoms with Gasteiger partial charge < -0.3 is 20.7 Å². The highest BCUT2D eigenvalue weighted by Crippen LogP contribution is 2.29. The topological polar surface area (TPSA) is 148 Å². The van der Waals surface area contributed by atoms with Crippen molar-refractivity contribution in [2.75, 3.05) is 12.3 Å². The molecular formula is C13H17N5O5. The molecule has 0 saturated carbocycles. The second kappa shape index (κ2) is 5.65. The Labute approximate surface area is 129 Å². The number of aliphatic hydroxyl groups excluding tert-OH is 2. The Morgan fingerprint density at radius 2 is 2.26 bits per heavy atom. The second-order valence-corrected chi connectivity index (χ2v) is 5.29. The van der Waals surface area contributed by atoms with Crippen molar-refractivity contribution in [3.8, 4) is 0 Å². The molecule has 1 aliphatic heterocycles. The van der Waals surface area contributed by atoms with Crippen LogP contribution >= 0.6 is 0 Å². The lowest BCUT2D eigenvalue weighted by atomic mass is 10.2. The van der Waals surface area contributed by atoms with Crippen molar-refractivity contribution in [2.45, 2.75) is 31.4 Å². The van der Waals surface area contributed by atoms with E-state index in [2.05, 4.69) is 16.5 Å². The van der Waals surface area contributed by atoms with Gasteiger partial charge in [-0.25, -0.2) is 9.36 Å². The van der Waals surface area contributed by atoms with Crippen LogP contribution in [0.2, 0.25) is 0 Å². The fourth-order valence-electron chi connectivity index (χ4n) is 2.80. The highest BCUT2D eigenvalue weighted by Gasteiger charge is 2.37. The van der Waals surface area contributed by atoms with Crippen LogP contribution in [0, 0.1) is 0 Å². The molecule has 23 heavy (non-hydrogen) atoms. The molecule has 10 heteroatoms. The Balaban J connectivity index is 2.25. The molecule has 3 heterocycles. The summed E-state index contributed by atoms with van der Waals surface area (Å²) < 4.78 is 7.87. The molecule has 1 unspecified atom stereocenters. The summed E-state index contributed by atoms with van der Waals surface area (Å²) >= 11 is 0. The molecule has 124 valence electrons. The molecule has 0 aromatic carbocycles. The normalized spacial score (nSPS) is 24.3. The van der Waals surface area contributed by atoms with Crippen LogP contribution in [-0.2, 0) is 11.3 Å². The second-order valence-electron chi connectivity index (χ2n) is 5.29. The minimum atomic E-state index is -0.922. The largest absolute Gasteiger partial charge is 0.394 e. The van der Waals surface area contributed by atoms with Crippen LogP contribution in [0.5, 0.6) is 0 Å². The molecule has 2 aromatic rings. The number of nitrogen functional groups attached to an aromatic ring is 1. The third kappa shape index (κ3) is 2.36. The molecule has 0 aliphatic carbocycles. The quantitative estimate of drug-likeness (QED) is 0.490. The van der Waals surface area contributed by atoms with Gasteiger partial charge in [0.05, 0.1) is 12.7 Å². The van der Waals surface area contributed by atoms with E-state index in [9.17, 15) is 19.8 Å². The zero-order valence-corrected chi connectivity index (χ0v) is 12.2. The number of aliphatic hydroxyl groups is 2. The van der Waals surface area contributed by atoms with E-state index in [1.807, 2.05) is 0 Å². The average molecular weight is 323 g/mol. The van der Waals surface area contributed by atoms with Gasteiger partial charge in [-0.3, -0.25) is 14.3 Å². The lowest BCUT2D eigenvalue weighted by molar-refractivity contribution is -0.0443. The van der Waals surface area contributed by atoms with Crippen molar-refractivity contribution < 1.29 is 14.9 Å². The number of ether oxygens (including phenoxy) is 1. The summed E-state index contributed by atoms with van der Waals surface area (Å²) in [7, 11) is 0. The van der Waals surface area contributed by atoms with Crippen LogP contribution < -0.4 is 17.0 Å². The maximum atomic E-state index is 12.7. The number of aromatic amines is 1. The highest BCUT2D eigenvalue weighted by molar-refractivity contribution is 5.71. The molecule has 0 amide bonds. The minimum absolute atomic E-state index is 0.0506. The fraction of sp³-hybridized carbons (Fsp3) is 0.462. The van der Waals surface area contributed by atoms with Gasteiger partial charge in [0.25, 0.3) is 5.56 Å². The monoisotopic (exact) mass is 323 g/mol. The lowest BCUT2D eigenvalue weighted by Crippen LogP contribution is -2.28. The van der Waals surface area contributed by atoms with Crippen LogP contribution in [0.4, 0.5) is 5.95 Å². The summed E-state index contributed by atoms with van der Waals surface area (Å²) in [6.45, 7) is 3.29. The van der Waals surface area contributed by atoms with E-state index in [1.165, 1.54) is 15.2 Å². The van der Waals surface area contributed by atoms with E-state index in [1.54, 1.807) is 0 Å². The molecule has 10 nitrogen and oxygen atoms in total. The number of nitrogens with zero attached hydrogens (tertiary/aromatic N) is 3. The summed E-state index contributed by atoms with van der Waals surface area (Å²) in [5.74, 6) is -0.135. The predicted octanol–water partition coefficient (Wildman–Crippen LogP) is -1.70. The van der Waals surface area contributed by atoms with Gasteiger partial charge in [0, 0.05) is 13.0 Å². The molecule has 3 atom stereocenters. The number of allylic oxidation sites excluding steroid dienone is 1. The first-order valence-corrected chi connectivity index (χ1v) is 7.03. The smallest absolute Gasteiger partial charge is 0.332 e. The number of rotatable bonds is 4.